The van der Waals surface area contributed by atoms with Crippen molar-refractivity contribution in [1.82, 2.24) is 10.1 Å². The molecule has 2 aromatic heterocycles. The minimum Gasteiger partial charge on any atom is -0.489 e. The summed E-state index contributed by atoms with van der Waals surface area (Å²) >= 11 is 19.6. The summed E-state index contributed by atoms with van der Waals surface area (Å²) in [7, 11) is 0. The number of halogens is 3. The summed E-state index contributed by atoms with van der Waals surface area (Å²) in [5.41, 5.74) is 1.97. The van der Waals surface area contributed by atoms with Crippen LogP contribution in [0, 0.1) is 11.3 Å². The van der Waals surface area contributed by atoms with Gasteiger partial charge in [-0.05, 0) is 55.7 Å². The molecule has 2 aromatic carbocycles. The zero-order valence-corrected chi connectivity index (χ0v) is 23.0. The summed E-state index contributed by atoms with van der Waals surface area (Å²) in [5.74, 6) is 2.29. The molecule has 4 aromatic rings. The van der Waals surface area contributed by atoms with Crippen molar-refractivity contribution in [1.29, 1.82) is 5.26 Å². The molecule has 3 heterocycles. The standard InChI is InChI=1S/C29H23Cl3N4O3/c30-22-2-1-3-23(31)26(22)27-20(28(39-35-27)18-4-5-18)15-38-19-6-7-21(24(32)13-19)29(37)9-11-36(16-29)25-12-17(14-33)8-10-34-25/h1-3,6-8,10,12-13,18,37H,4-5,9,11,15-16H2. The minimum absolute atomic E-state index is 0.195. The highest BCUT2D eigenvalue weighted by molar-refractivity contribution is 6.39. The molecule has 6 rings (SSSR count). The van der Waals surface area contributed by atoms with E-state index in [9.17, 15) is 10.4 Å². The van der Waals surface area contributed by atoms with Gasteiger partial charge in [-0.2, -0.15) is 5.26 Å². The number of anilines is 1. The van der Waals surface area contributed by atoms with Gasteiger partial charge in [0.1, 0.15) is 35.2 Å². The van der Waals surface area contributed by atoms with E-state index >= 15 is 0 Å². The van der Waals surface area contributed by atoms with Crippen LogP contribution in [-0.2, 0) is 12.2 Å². The maximum Gasteiger partial charge on any atom is 0.147 e. The summed E-state index contributed by atoms with van der Waals surface area (Å²) in [6, 6.07) is 16.1. The lowest BCUT2D eigenvalue weighted by Gasteiger charge is -2.25. The summed E-state index contributed by atoms with van der Waals surface area (Å²) in [4.78, 5) is 6.31. The van der Waals surface area contributed by atoms with Gasteiger partial charge in [-0.25, -0.2) is 4.98 Å². The lowest BCUT2D eigenvalue weighted by Crippen LogP contribution is -2.31. The third kappa shape index (κ3) is 5.06. The molecule has 1 aliphatic carbocycles. The highest BCUT2D eigenvalue weighted by Crippen LogP contribution is 2.46. The van der Waals surface area contributed by atoms with E-state index in [1.54, 1.807) is 54.7 Å². The normalized spacial score (nSPS) is 18.8. The van der Waals surface area contributed by atoms with Gasteiger partial charge in [-0.1, -0.05) is 52.1 Å². The number of aromatic nitrogens is 2. The van der Waals surface area contributed by atoms with Gasteiger partial charge in [-0.15, -0.1) is 0 Å². The molecule has 2 fully saturated rings. The number of benzene rings is 2. The van der Waals surface area contributed by atoms with Crippen LogP contribution in [0.1, 0.15) is 47.6 Å². The highest BCUT2D eigenvalue weighted by Gasteiger charge is 2.40. The Kier molecular flexibility index (Phi) is 6.90. The predicted octanol–water partition coefficient (Wildman–Crippen LogP) is 7.12. The van der Waals surface area contributed by atoms with Gasteiger partial charge in [0.25, 0.3) is 0 Å². The Bertz CT molecular complexity index is 1580. The number of hydrogen-bond donors (Lipinski definition) is 1. The van der Waals surface area contributed by atoms with Gasteiger partial charge in [0.15, 0.2) is 0 Å². The first-order valence-electron chi connectivity index (χ1n) is 12.6. The number of nitriles is 1. The first-order valence-corrected chi connectivity index (χ1v) is 13.7. The molecule has 1 unspecified atom stereocenters. The second-order valence-electron chi connectivity index (χ2n) is 9.89. The zero-order valence-electron chi connectivity index (χ0n) is 20.7. The van der Waals surface area contributed by atoms with Crippen molar-refractivity contribution in [3.63, 3.8) is 0 Å². The summed E-state index contributed by atoms with van der Waals surface area (Å²) in [6.45, 7) is 1.08. The largest absolute Gasteiger partial charge is 0.489 e. The van der Waals surface area contributed by atoms with E-state index in [2.05, 4.69) is 16.2 Å². The second kappa shape index (κ2) is 10.4. The molecule has 1 saturated carbocycles. The Balaban J connectivity index is 1.22. The molecule has 0 bridgehead atoms. The Hall–Kier alpha value is -3.28. The van der Waals surface area contributed by atoms with E-state index in [4.69, 9.17) is 44.1 Å². The molecular weight excluding hydrogens is 559 g/mol. The van der Waals surface area contributed by atoms with Crippen LogP contribution < -0.4 is 9.64 Å². The van der Waals surface area contributed by atoms with E-state index in [0.29, 0.717) is 74.4 Å². The van der Waals surface area contributed by atoms with Crippen LogP contribution in [0.15, 0.2) is 59.3 Å². The maximum atomic E-state index is 11.5. The first-order chi connectivity index (χ1) is 18.9. The monoisotopic (exact) mass is 580 g/mol. The maximum absolute atomic E-state index is 11.5. The molecular formula is C29H23Cl3N4O3. The molecule has 0 spiro atoms. The number of pyridine rings is 1. The third-order valence-electron chi connectivity index (χ3n) is 7.24. The first kappa shape index (κ1) is 26.0. The molecule has 198 valence electrons. The molecule has 1 aliphatic heterocycles. The fourth-order valence-corrected chi connectivity index (χ4v) is 5.96. The van der Waals surface area contributed by atoms with Gasteiger partial charge in [0.05, 0.1) is 38.8 Å². The molecule has 1 N–H and O–H groups in total. The minimum atomic E-state index is -1.17. The molecule has 1 atom stereocenters. The average molecular weight is 582 g/mol. The van der Waals surface area contributed by atoms with Crippen LogP contribution in [-0.4, -0.2) is 28.3 Å². The molecule has 10 heteroatoms. The van der Waals surface area contributed by atoms with Crippen LogP contribution >= 0.6 is 34.8 Å². The van der Waals surface area contributed by atoms with Crippen LogP contribution in [0.2, 0.25) is 15.1 Å². The van der Waals surface area contributed by atoms with Gasteiger partial charge in [-0.3, -0.25) is 0 Å². The fourth-order valence-electron chi connectivity index (χ4n) is 5.04. The third-order valence-corrected chi connectivity index (χ3v) is 8.18. The lowest BCUT2D eigenvalue weighted by atomic mass is 9.93. The van der Waals surface area contributed by atoms with Crippen molar-refractivity contribution in [2.45, 2.75) is 37.4 Å². The summed E-state index contributed by atoms with van der Waals surface area (Å²) in [5, 5.41) is 26.4. The summed E-state index contributed by atoms with van der Waals surface area (Å²) < 4.78 is 11.9. The fraction of sp³-hybridized carbons (Fsp3) is 0.276. The lowest BCUT2D eigenvalue weighted by molar-refractivity contribution is 0.0607. The van der Waals surface area contributed by atoms with Crippen LogP contribution in [0.3, 0.4) is 0 Å². The van der Waals surface area contributed by atoms with Gasteiger partial charge in [0.2, 0.25) is 0 Å². The Morgan fingerprint density at radius 1 is 1.10 bits per heavy atom. The predicted molar refractivity (Wildman–Crippen MR) is 149 cm³/mol. The van der Waals surface area contributed by atoms with E-state index in [0.717, 1.165) is 24.2 Å². The Morgan fingerprint density at radius 2 is 1.90 bits per heavy atom. The molecule has 0 radical (unpaired) electrons. The van der Waals surface area contributed by atoms with Crippen molar-refractivity contribution in [2.75, 3.05) is 18.0 Å². The van der Waals surface area contributed by atoms with Gasteiger partial charge >= 0.3 is 0 Å². The van der Waals surface area contributed by atoms with Crippen molar-refractivity contribution >= 4 is 40.6 Å². The smallest absolute Gasteiger partial charge is 0.147 e. The molecule has 7 nitrogen and oxygen atoms in total. The van der Waals surface area contributed by atoms with E-state index < -0.39 is 5.60 Å². The molecule has 1 saturated heterocycles. The summed E-state index contributed by atoms with van der Waals surface area (Å²) in [6.07, 6.45) is 4.13. The SMILES string of the molecule is N#Cc1ccnc(N2CCC(O)(c3ccc(OCc4c(-c5c(Cl)cccc5Cl)noc4C4CC4)cc3Cl)C2)c1. The second-order valence-corrected chi connectivity index (χ2v) is 11.1. The Labute approximate surface area is 240 Å². The quantitative estimate of drug-likeness (QED) is 0.248. The number of aliphatic hydroxyl groups is 1. The topological polar surface area (TPSA) is 95.4 Å². The number of β-amino-alcohol motifs (C(OH)–C–C–N with tert-alkyl or cyclic N) is 1. The van der Waals surface area contributed by atoms with E-state index in [-0.39, 0.29) is 6.61 Å². The van der Waals surface area contributed by atoms with Crippen LogP contribution in [0.25, 0.3) is 11.3 Å². The van der Waals surface area contributed by atoms with Crippen molar-refractivity contribution in [3.05, 3.63) is 92.2 Å². The number of rotatable bonds is 7. The Morgan fingerprint density at radius 3 is 2.62 bits per heavy atom. The number of nitrogens with zero attached hydrogens (tertiary/aromatic N) is 4. The van der Waals surface area contributed by atoms with Crippen LogP contribution in [0.4, 0.5) is 5.82 Å². The van der Waals surface area contributed by atoms with Crippen molar-refractivity contribution < 1.29 is 14.4 Å². The molecule has 39 heavy (non-hydrogen) atoms. The van der Waals surface area contributed by atoms with Crippen molar-refractivity contribution in [2.24, 2.45) is 0 Å². The van der Waals surface area contributed by atoms with E-state index in [1.165, 1.54) is 0 Å². The highest BCUT2D eigenvalue weighted by atomic mass is 35.5. The van der Waals surface area contributed by atoms with E-state index in [1.807, 2.05) is 4.90 Å². The van der Waals surface area contributed by atoms with Gasteiger partial charge < -0.3 is 19.3 Å². The molecule has 0 amide bonds. The molecule has 2 aliphatic rings. The van der Waals surface area contributed by atoms with Crippen LogP contribution in [0.5, 0.6) is 5.75 Å². The number of hydrogen-bond acceptors (Lipinski definition) is 7. The number of ether oxygens (including phenoxy) is 1. The zero-order chi connectivity index (χ0) is 27.1. The average Bonchev–Trinajstić information content (AvgIpc) is 3.57. The van der Waals surface area contributed by atoms with Gasteiger partial charge in [0, 0.05) is 29.8 Å². The van der Waals surface area contributed by atoms with Crippen molar-refractivity contribution in [3.8, 4) is 23.1 Å².